The van der Waals surface area contributed by atoms with Gasteiger partial charge in [-0.25, -0.2) is 4.39 Å². The minimum Gasteiger partial charge on any atom is -0.334 e. The smallest absolute Gasteiger partial charge is 0.285 e. The Bertz CT molecular complexity index is 524. The van der Waals surface area contributed by atoms with Crippen LogP contribution in [0, 0.1) is 15.9 Å². The molecule has 1 aromatic carbocycles. The lowest BCUT2D eigenvalue weighted by Crippen LogP contribution is -2.36. The zero-order chi connectivity index (χ0) is 14.0. The summed E-state index contributed by atoms with van der Waals surface area (Å²) in [4.78, 5) is 24.0. The summed E-state index contributed by atoms with van der Waals surface area (Å²) in [7, 11) is 0. The number of hydrogen-bond donors (Lipinski definition) is 0. The number of nitro groups is 1. The fourth-order valence-corrected chi connectivity index (χ4v) is 2.58. The van der Waals surface area contributed by atoms with Crippen molar-refractivity contribution in [2.75, 3.05) is 12.4 Å². The lowest BCUT2D eigenvalue weighted by atomic mass is 10.1. The number of rotatable bonds is 3. The molecule has 102 valence electrons. The first-order chi connectivity index (χ1) is 9.04. The summed E-state index contributed by atoms with van der Waals surface area (Å²) >= 11 is 5.77. The maximum Gasteiger partial charge on any atom is 0.285 e. The third-order valence-corrected chi connectivity index (χ3v) is 3.56. The fraction of sp³-hybridized carbons (Fsp3) is 0.417. The molecule has 2 rings (SSSR count). The van der Waals surface area contributed by atoms with E-state index in [1.807, 2.05) is 0 Å². The third kappa shape index (κ3) is 2.68. The largest absolute Gasteiger partial charge is 0.334 e. The first-order valence-corrected chi connectivity index (χ1v) is 6.39. The van der Waals surface area contributed by atoms with Gasteiger partial charge in [-0.15, -0.1) is 11.6 Å². The molecule has 0 N–H and O–H groups in total. The predicted molar refractivity (Wildman–Crippen MR) is 67.8 cm³/mol. The molecule has 1 saturated heterocycles. The minimum atomic E-state index is -0.748. The summed E-state index contributed by atoms with van der Waals surface area (Å²) in [6.45, 7) is 0.519. The summed E-state index contributed by atoms with van der Waals surface area (Å²) in [5.74, 6) is -0.908. The van der Waals surface area contributed by atoms with E-state index >= 15 is 0 Å². The molecule has 1 aromatic rings. The highest BCUT2D eigenvalue weighted by Crippen LogP contribution is 2.26. The molecule has 1 atom stereocenters. The zero-order valence-electron chi connectivity index (χ0n) is 10.0. The van der Waals surface area contributed by atoms with Gasteiger partial charge in [0, 0.05) is 18.5 Å². The van der Waals surface area contributed by atoms with Crippen LogP contribution in [-0.2, 0) is 0 Å². The Hall–Kier alpha value is -1.69. The highest BCUT2D eigenvalue weighted by molar-refractivity contribution is 6.18. The Morgan fingerprint density at radius 1 is 1.58 bits per heavy atom. The highest BCUT2D eigenvalue weighted by atomic mass is 35.5. The van der Waals surface area contributed by atoms with E-state index in [1.54, 1.807) is 0 Å². The highest BCUT2D eigenvalue weighted by Gasteiger charge is 2.32. The molecule has 19 heavy (non-hydrogen) atoms. The molecule has 1 aliphatic rings. The SMILES string of the molecule is O=C(c1ccc(F)cc1[N+](=O)[O-])N1CCCC1CCl. The second kappa shape index (κ2) is 5.52. The number of hydrogen-bond acceptors (Lipinski definition) is 3. The average Bonchev–Trinajstić information content (AvgIpc) is 2.86. The van der Waals surface area contributed by atoms with Crippen molar-refractivity contribution in [1.29, 1.82) is 0 Å². The van der Waals surface area contributed by atoms with Crippen LogP contribution in [0.15, 0.2) is 18.2 Å². The van der Waals surface area contributed by atoms with E-state index in [9.17, 15) is 19.3 Å². The fourth-order valence-electron chi connectivity index (χ4n) is 2.25. The summed E-state index contributed by atoms with van der Waals surface area (Å²) in [6.07, 6.45) is 1.60. The third-order valence-electron chi connectivity index (χ3n) is 3.20. The molecule has 1 unspecified atom stereocenters. The summed E-state index contributed by atoms with van der Waals surface area (Å²) in [6, 6.07) is 2.85. The van der Waals surface area contributed by atoms with Crippen molar-refractivity contribution in [3.63, 3.8) is 0 Å². The van der Waals surface area contributed by atoms with Crippen LogP contribution in [0.4, 0.5) is 10.1 Å². The number of benzene rings is 1. The molecule has 1 heterocycles. The molecule has 0 aromatic heterocycles. The predicted octanol–water partition coefficient (Wildman–Crippen LogP) is 2.58. The van der Waals surface area contributed by atoms with Gasteiger partial charge >= 0.3 is 0 Å². The Kier molecular flexibility index (Phi) is 3.99. The summed E-state index contributed by atoms with van der Waals surface area (Å²) < 4.78 is 13.0. The van der Waals surface area contributed by atoms with Crippen LogP contribution >= 0.6 is 11.6 Å². The molecule has 0 spiro atoms. The van der Waals surface area contributed by atoms with E-state index in [0.29, 0.717) is 12.4 Å². The standard InChI is InChI=1S/C12H12ClFN2O3/c13-7-9-2-1-5-15(9)12(17)10-4-3-8(14)6-11(10)16(18)19/h3-4,6,9H,1-2,5,7H2. The van der Waals surface area contributed by atoms with Gasteiger partial charge in [-0.3, -0.25) is 14.9 Å². The molecule has 5 nitrogen and oxygen atoms in total. The maximum atomic E-state index is 13.0. The van der Waals surface area contributed by atoms with Crippen LogP contribution in [0.2, 0.25) is 0 Å². The number of carbonyl (C=O) groups is 1. The Labute approximate surface area is 114 Å². The van der Waals surface area contributed by atoms with Crippen molar-refractivity contribution >= 4 is 23.2 Å². The van der Waals surface area contributed by atoms with Crippen LogP contribution < -0.4 is 0 Å². The number of alkyl halides is 1. The Balaban J connectivity index is 2.36. The van der Waals surface area contributed by atoms with E-state index in [1.165, 1.54) is 4.90 Å². The van der Waals surface area contributed by atoms with Crippen LogP contribution in [-0.4, -0.2) is 34.2 Å². The van der Waals surface area contributed by atoms with Gasteiger partial charge in [-0.05, 0) is 25.0 Å². The molecule has 1 amide bonds. The van der Waals surface area contributed by atoms with Gasteiger partial charge in [0.25, 0.3) is 11.6 Å². The van der Waals surface area contributed by atoms with Gasteiger partial charge in [-0.2, -0.15) is 0 Å². The lowest BCUT2D eigenvalue weighted by molar-refractivity contribution is -0.385. The number of nitro benzene ring substituents is 1. The quantitative estimate of drug-likeness (QED) is 0.487. The molecular weight excluding hydrogens is 275 g/mol. The normalized spacial score (nSPS) is 18.6. The summed E-state index contributed by atoms with van der Waals surface area (Å²) in [5, 5.41) is 10.9. The first kappa shape index (κ1) is 13.7. The minimum absolute atomic E-state index is 0.0941. The van der Waals surface area contributed by atoms with Crippen molar-refractivity contribution in [3.8, 4) is 0 Å². The van der Waals surface area contributed by atoms with E-state index in [4.69, 9.17) is 11.6 Å². The lowest BCUT2D eigenvalue weighted by Gasteiger charge is -2.22. The van der Waals surface area contributed by atoms with Crippen LogP contribution in [0.3, 0.4) is 0 Å². The molecule has 0 radical (unpaired) electrons. The van der Waals surface area contributed by atoms with Crippen LogP contribution in [0.1, 0.15) is 23.2 Å². The molecule has 0 saturated carbocycles. The van der Waals surface area contributed by atoms with Crippen molar-refractivity contribution in [1.82, 2.24) is 4.90 Å². The van der Waals surface area contributed by atoms with Gasteiger partial charge in [0.15, 0.2) is 0 Å². The van der Waals surface area contributed by atoms with Crippen molar-refractivity contribution in [2.45, 2.75) is 18.9 Å². The Morgan fingerprint density at radius 2 is 2.32 bits per heavy atom. The van der Waals surface area contributed by atoms with E-state index in [-0.39, 0.29) is 11.6 Å². The molecule has 7 heteroatoms. The molecule has 0 bridgehead atoms. The van der Waals surface area contributed by atoms with Gasteiger partial charge in [0.1, 0.15) is 11.4 Å². The number of amides is 1. The Morgan fingerprint density at radius 3 is 2.95 bits per heavy atom. The van der Waals surface area contributed by atoms with Crippen LogP contribution in [0.5, 0.6) is 0 Å². The topological polar surface area (TPSA) is 63.4 Å². The van der Waals surface area contributed by atoms with Crippen molar-refractivity contribution in [3.05, 3.63) is 39.7 Å². The first-order valence-electron chi connectivity index (χ1n) is 5.85. The van der Waals surface area contributed by atoms with Crippen LogP contribution in [0.25, 0.3) is 0 Å². The van der Waals surface area contributed by atoms with Gasteiger partial charge in [0.2, 0.25) is 0 Å². The zero-order valence-corrected chi connectivity index (χ0v) is 10.8. The van der Waals surface area contributed by atoms with Gasteiger partial charge < -0.3 is 4.90 Å². The van der Waals surface area contributed by atoms with Gasteiger partial charge in [-0.1, -0.05) is 0 Å². The van der Waals surface area contributed by atoms with E-state index < -0.39 is 22.3 Å². The molecular formula is C12H12ClFN2O3. The molecule has 0 aliphatic carbocycles. The van der Waals surface area contributed by atoms with Crippen molar-refractivity contribution in [2.24, 2.45) is 0 Å². The van der Waals surface area contributed by atoms with Crippen molar-refractivity contribution < 1.29 is 14.1 Å². The monoisotopic (exact) mass is 286 g/mol. The number of halogens is 2. The summed E-state index contributed by atoms with van der Waals surface area (Å²) in [5.41, 5.74) is -0.603. The molecule has 1 aliphatic heterocycles. The second-order valence-corrected chi connectivity index (χ2v) is 4.68. The second-order valence-electron chi connectivity index (χ2n) is 4.37. The van der Waals surface area contributed by atoms with Gasteiger partial charge in [0.05, 0.1) is 11.0 Å². The number of nitrogens with zero attached hydrogens (tertiary/aromatic N) is 2. The maximum absolute atomic E-state index is 13.0. The van der Waals surface area contributed by atoms with E-state index in [2.05, 4.69) is 0 Å². The number of likely N-dealkylation sites (tertiary alicyclic amines) is 1. The van der Waals surface area contributed by atoms with E-state index in [0.717, 1.165) is 31.0 Å². The number of carbonyl (C=O) groups excluding carboxylic acids is 1. The average molecular weight is 287 g/mol. The molecule has 1 fully saturated rings.